The molecule has 0 aromatic heterocycles. The predicted octanol–water partition coefficient (Wildman–Crippen LogP) is 2.19. The van der Waals surface area contributed by atoms with Crippen LogP contribution in [0.4, 0.5) is 0 Å². The van der Waals surface area contributed by atoms with E-state index in [2.05, 4.69) is 6.07 Å². The van der Waals surface area contributed by atoms with Crippen LogP contribution < -0.4 is 9.47 Å². The summed E-state index contributed by atoms with van der Waals surface area (Å²) in [5, 5.41) is 9.02. The van der Waals surface area contributed by atoms with Gasteiger partial charge in [-0.2, -0.15) is 5.26 Å². The topological polar surface area (TPSA) is 59.3 Å². The summed E-state index contributed by atoms with van der Waals surface area (Å²) in [6, 6.07) is 7.10. The monoisotopic (exact) mass is 231 g/mol. The van der Waals surface area contributed by atoms with E-state index in [1.54, 1.807) is 25.3 Å². The number of ketones is 1. The summed E-state index contributed by atoms with van der Waals surface area (Å²) in [7, 11) is 3.05. The summed E-state index contributed by atoms with van der Waals surface area (Å²) in [4.78, 5) is 12.2. The minimum absolute atomic E-state index is 0.153. The first-order valence-electron chi connectivity index (χ1n) is 5.35. The van der Waals surface area contributed by atoms with E-state index in [9.17, 15) is 4.79 Å². The van der Waals surface area contributed by atoms with Crippen LogP contribution in [0.25, 0.3) is 0 Å². The van der Waals surface area contributed by atoms with Crippen molar-refractivity contribution < 1.29 is 14.3 Å². The van der Waals surface area contributed by atoms with Crippen LogP contribution in [0.2, 0.25) is 0 Å². The number of Topliss-reactive ketones (excluding diaryl/α,β-unsaturated/α-hetero) is 1. The van der Waals surface area contributed by atoms with Crippen molar-refractivity contribution in [3.8, 4) is 17.6 Å². The minimum Gasteiger partial charge on any atom is -0.497 e. The maximum atomic E-state index is 12.2. The van der Waals surface area contributed by atoms with Gasteiger partial charge in [-0.15, -0.1) is 0 Å². The highest BCUT2D eigenvalue weighted by Gasteiger charge is 2.51. The number of rotatable bonds is 4. The van der Waals surface area contributed by atoms with Crippen molar-refractivity contribution in [1.82, 2.24) is 0 Å². The molecule has 1 aliphatic carbocycles. The molecule has 1 fully saturated rings. The summed E-state index contributed by atoms with van der Waals surface area (Å²) in [5.74, 6) is 0.926. The highest BCUT2D eigenvalue weighted by Crippen LogP contribution is 2.48. The van der Waals surface area contributed by atoms with Gasteiger partial charge < -0.3 is 9.47 Å². The standard InChI is InChI=1S/C13H13NO3/c1-16-9-3-4-10(11(7-9)17-2)12(15)13(8-14)5-6-13/h3-4,7H,5-6H2,1-2H3. The summed E-state index contributed by atoms with van der Waals surface area (Å²) in [6.07, 6.45) is 1.27. The first-order valence-corrected chi connectivity index (χ1v) is 5.35. The lowest BCUT2D eigenvalue weighted by Gasteiger charge is -2.11. The molecular weight excluding hydrogens is 218 g/mol. The number of nitrogens with zero attached hydrogens (tertiary/aromatic N) is 1. The van der Waals surface area contributed by atoms with Crippen molar-refractivity contribution in [1.29, 1.82) is 5.26 Å². The molecule has 0 saturated heterocycles. The van der Waals surface area contributed by atoms with Crippen LogP contribution >= 0.6 is 0 Å². The highest BCUT2D eigenvalue weighted by molar-refractivity contribution is 6.06. The van der Waals surface area contributed by atoms with Crippen LogP contribution in [-0.2, 0) is 0 Å². The molecule has 0 spiro atoms. The van der Waals surface area contributed by atoms with Gasteiger partial charge in [0.15, 0.2) is 5.78 Å². The maximum Gasteiger partial charge on any atom is 0.186 e. The normalized spacial score (nSPS) is 15.8. The van der Waals surface area contributed by atoms with Crippen LogP contribution in [0.15, 0.2) is 18.2 Å². The Balaban J connectivity index is 2.39. The van der Waals surface area contributed by atoms with E-state index in [0.717, 1.165) is 0 Å². The second-order valence-electron chi connectivity index (χ2n) is 4.09. The molecule has 0 heterocycles. The van der Waals surface area contributed by atoms with Gasteiger partial charge in [0.1, 0.15) is 16.9 Å². The average Bonchev–Trinajstić information content (AvgIpc) is 3.18. The molecule has 0 unspecified atom stereocenters. The molecule has 17 heavy (non-hydrogen) atoms. The number of nitriles is 1. The predicted molar refractivity (Wildman–Crippen MR) is 61.2 cm³/mol. The van der Waals surface area contributed by atoms with E-state index in [-0.39, 0.29) is 5.78 Å². The van der Waals surface area contributed by atoms with Gasteiger partial charge in [-0.25, -0.2) is 0 Å². The van der Waals surface area contributed by atoms with Gasteiger partial charge >= 0.3 is 0 Å². The molecular formula is C13H13NO3. The lowest BCUT2D eigenvalue weighted by atomic mass is 9.95. The Labute approximate surface area is 99.8 Å². The van der Waals surface area contributed by atoms with Gasteiger partial charge in [0, 0.05) is 6.07 Å². The second kappa shape index (κ2) is 4.10. The quantitative estimate of drug-likeness (QED) is 0.745. The molecule has 2 rings (SSSR count). The van der Waals surface area contributed by atoms with Crippen LogP contribution in [-0.4, -0.2) is 20.0 Å². The molecule has 88 valence electrons. The largest absolute Gasteiger partial charge is 0.497 e. The molecule has 1 saturated carbocycles. The number of carbonyl (C=O) groups excluding carboxylic acids is 1. The maximum absolute atomic E-state index is 12.2. The third-order valence-electron chi connectivity index (χ3n) is 3.05. The van der Waals surface area contributed by atoms with Crippen molar-refractivity contribution in [2.75, 3.05) is 14.2 Å². The Morgan fingerprint density at radius 2 is 2.06 bits per heavy atom. The fraction of sp³-hybridized carbons (Fsp3) is 0.385. The molecule has 1 aromatic carbocycles. The number of ether oxygens (including phenoxy) is 2. The molecule has 0 N–H and O–H groups in total. The van der Waals surface area contributed by atoms with Gasteiger partial charge in [-0.1, -0.05) is 0 Å². The average molecular weight is 231 g/mol. The number of hydrogen-bond donors (Lipinski definition) is 0. The number of carbonyl (C=O) groups is 1. The van der Waals surface area contributed by atoms with Gasteiger partial charge in [0.05, 0.1) is 25.9 Å². The van der Waals surface area contributed by atoms with Crippen LogP contribution in [0.5, 0.6) is 11.5 Å². The van der Waals surface area contributed by atoms with E-state index in [1.165, 1.54) is 7.11 Å². The van der Waals surface area contributed by atoms with Gasteiger partial charge in [-0.3, -0.25) is 4.79 Å². The zero-order valence-corrected chi connectivity index (χ0v) is 9.82. The third kappa shape index (κ3) is 1.84. The summed E-state index contributed by atoms with van der Waals surface area (Å²) in [5.41, 5.74) is -0.366. The van der Waals surface area contributed by atoms with Crippen molar-refractivity contribution in [3.63, 3.8) is 0 Å². The molecule has 1 aliphatic rings. The number of methoxy groups -OCH3 is 2. The minimum atomic E-state index is -0.818. The molecule has 4 heteroatoms. The van der Waals surface area contributed by atoms with Crippen molar-refractivity contribution in [2.24, 2.45) is 5.41 Å². The smallest absolute Gasteiger partial charge is 0.186 e. The van der Waals surface area contributed by atoms with E-state index >= 15 is 0 Å². The Kier molecular flexibility index (Phi) is 2.76. The van der Waals surface area contributed by atoms with Crippen molar-refractivity contribution >= 4 is 5.78 Å². The highest BCUT2D eigenvalue weighted by atomic mass is 16.5. The zero-order valence-electron chi connectivity index (χ0n) is 9.82. The molecule has 0 aliphatic heterocycles. The summed E-state index contributed by atoms with van der Waals surface area (Å²) < 4.78 is 10.2. The Bertz CT molecular complexity index is 498. The zero-order chi connectivity index (χ0) is 12.5. The fourth-order valence-corrected chi connectivity index (χ4v) is 1.76. The lowest BCUT2D eigenvalue weighted by molar-refractivity contribution is 0.0931. The first-order chi connectivity index (χ1) is 8.16. The summed E-state index contributed by atoms with van der Waals surface area (Å²) in [6.45, 7) is 0. The van der Waals surface area contributed by atoms with E-state index in [0.29, 0.717) is 29.9 Å². The fourth-order valence-electron chi connectivity index (χ4n) is 1.76. The number of benzene rings is 1. The third-order valence-corrected chi connectivity index (χ3v) is 3.05. The SMILES string of the molecule is COc1ccc(C(=O)C2(C#N)CC2)c(OC)c1. The van der Waals surface area contributed by atoms with Gasteiger partial charge in [-0.05, 0) is 25.0 Å². The molecule has 0 amide bonds. The van der Waals surface area contributed by atoms with Gasteiger partial charge in [0.2, 0.25) is 0 Å². The molecule has 0 atom stereocenters. The number of hydrogen-bond acceptors (Lipinski definition) is 4. The Morgan fingerprint density at radius 3 is 2.53 bits per heavy atom. The second-order valence-corrected chi connectivity index (χ2v) is 4.09. The molecule has 0 radical (unpaired) electrons. The lowest BCUT2D eigenvalue weighted by Crippen LogP contribution is -2.14. The Hall–Kier alpha value is -2.02. The van der Waals surface area contributed by atoms with E-state index in [4.69, 9.17) is 14.7 Å². The van der Waals surface area contributed by atoms with Gasteiger partial charge in [0.25, 0.3) is 0 Å². The van der Waals surface area contributed by atoms with Crippen LogP contribution in [0.3, 0.4) is 0 Å². The first kappa shape index (κ1) is 11.5. The van der Waals surface area contributed by atoms with E-state index < -0.39 is 5.41 Å². The van der Waals surface area contributed by atoms with E-state index in [1.807, 2.05) is 0 Å². The van der Waals surface area contributed by atoms with Crippen LogP contribution in [0, 0.1) is 16.7 Å². The van der Waals surface area contributed by atoms with Crippen molar-refractivity contribution in [3.05, 3.63) is 23.8 Å². The van der Waals surface area contributed by atoms with Crippen LogP contribution in [0.1, 0.15) is 23.2 Å². The molecule has 1 aromatic rings. The molecule has 4 nitrogen and oxygen atoms in total. The summed E-state index contributed by atoms with van der Waals surface area (Å²) >= 11 is 0. The molecule has 0 bridgehead atoms. The Morgan fingerprint density at radius 1 is 1.35 bits per heavy atom. The van der Waals surface area contributed by atoms with Crippen molar-refractivity contribution in [2.45, 2.75) is 12.8 Å².